The van der Waals surface area contributed by atoms with E-state index in [4.69, 9.17) is 4.74 Å². The van der Waals surface area contributed by atoms with Crippen LogP contribution in [0.2, 0.25) is 0 Å². The number of esters is 1. The van der Waals surface area contributed by atoms with Crippen molar-refractivity contribution < 1.29 is 24.2 Å². The zero-order chi connectivity index (χ0) is 15.4. The summed E-state index contributed by atoms with van der Waals surface area (Å²) in [4.78, 5) is 38.6. The molecule has 0 aromatic rings. The van der Waals surface area contributed by atoms with E-state index in [0.29, 0.717) is 24.6 Å². The molecule has 0 aromatic carbocycles. The molecule has 2 amide bonds. The molecule has 21 heavy (non-hydrogen) atoms. The number of rotatable bonds is 3. The molecule has 2 aliphatic rings. The van der Waals surface area contributed by atoms with Gasteiger partial charge in [0.1, 0.15) is 12.1 Å². The molecule has 2 fully saturated rings. The number of hydrogen-bond donors (Lipinski definition) is 1. The van der Waals surface area contributed by atoms with Gasteiger partial charge in [0.15, 0.2) is 0 Å². The van der Waals surface area contributed by atoms with Gasteiger partial charge in [0.25, 0.3) is 0 Å². The van der Waals surface area contributed by atoms with Crippen LogP contribution >= 0.6 is 11.8 Å². The molecule has 118 valence electrons. The van der Waals surface area contributed by atoms with E-state index in [1.54, 1.807) is 6.92 Å². The lowest BCUT2D eigenvalue weighted by atomic mass is 10.0. The Labute approximate surface area is 127 Å². The quantitative estimate of drug-likeness (QED) is 0.781. The minimum absolute atomic E-state index is 0.273. The van der Waals surface area contributed by atoms with Crippen LogP contribution in [-0.2, 0) is 14.3 Å². The number of nitrogens with zero attached hydrogens (tertiary/aromatic N) is 2. The second-order valence-electron chi connectivity index (χ2n) is 5.06. The van der Waals surface area contributed by atoms with Gasteiger partial charge in [-0.15, -0.1) is 11.8 Å². The van der Waals surface area contributed by atoms with Crippen molar-refractivity contribution in [1.29, 1.82) is 0 Å². The minimum atomic E-state index is -1.00. The van der Waals surface area contributed by atoms with Gasteiger partial charge in [0.05, 0.1) is 12.5 Å². The summed E-state index contributed by atoms with van der Waals surface area (Å²) in [5, 5.41) is 9.17. The number of aliphatic carboxylic acids is 1. The Kier molecular flexibility index (Phi) is 5.33. The lowest BCUT2D eigenvalue weighted by Crippen LogP contribution is -2.55. The highest BCUT2D eigenvalue weighted by atomic mass is 32.2. The maximum atomic E-state index is 12.6. The molecule has 8 heteroatoms. The molecule has 0 bridgehead atoms. The lowest BCUT2D eigenvalue weighted by molar-refractivity contribution is -0.149. The van der Waals surface area contributed by atoms with Crippen LogP contribution in [0.15, 0.2) is 0 Å². The fraction of sp³-hybridized carbons (Fsp3) is 0.769. The number of likely N-dealkylation sites (tertiary alicyclic amines) is 1. The molecular formula is C13H20N2O5S. The predicted molar refractivity (Wildman–Crippen MR) is 77.0 cm³/mol. The maximum absolute atomic E-state index is 12.6. The summed E-state index contributed by atoms with van der Waals surface area (Å²) in [6.07, 6.45) is 2.26. The molecule has 1 N–H and O–H groups in total. The Bertz CT molecular complexity index is 431. The number of carbonyl (C=O) groups excluding carboxylic acids is 2. The first kappa shape index (κ1) is 15.9. The van der Waals surface area contributed by atoms with Crippen LogP contribution in [0.3, 0.4) is 0 Å². The zero-order valence-corrected chi connectivity index (χ0v) is 12.8. The number of thioether (sulfide) groups is 1. The number of ether oxygens (including phenoxy) is 1. The van der Waals surface area contributed by atoms with Crippen molar-refractivity contribution in [2.24, 2.45) is 0 Å². The van der Waals surface area contributed by atoms with E-state index in [9.17, 15) is 19.5 Å². The summed E-state index contributed by atoms with van der Waals surface area (Å²) in [5.41, 5.74) is 0. The van der Waals surface area contributed by atoms with Gasteiger partial charge in [-0.25, -0.2) is 14.4 Å². The Morgan fingerprint density at radius 1 is 1.24 bits per heavy atom. The molecule has 2 saturated heterocycles. The van der Waals surface area contributed by atoms with Crippen LogP contribution < -0.4 is 0 Å². The SMILES string of the molecule is CCOC(=O)C1CCCCN1C(=O)N1CSCC1C(=O)O. The molecule has 0 saturated carbocycles. The van der Waals surface area contributed by atoms with Crippen molar-refractivity contribution in [3.63, 3.8) is 0 Å². The highest BCUT2D eigenvalue weighted by Gasteiger charge is 2.41. The fourth-order valence-electron chi connectivity index (χ4n) is 2.64. The Morgan fingerprint density at radius 2 is 2.00 bits per heavy atom. The molecule has 2 unspecified atom stereocenters. The van der Waals surface area contributed by atoms with Crippen molar-refractivity contribution in [3.8, 4) is 0 Å². The third-order valence-corrected chi connectivity index (χ3v) is 4.73. The summed E-state index contributed by atoms with van der Waals surface area (Å²) in [6.45, 7) is 2.47. The summed E-state index contributed by atoms with van der Waals surface area (Å²) in [5.74, 6) is -0.664. The summed E-state index contributed by atoms with van der Waals surface area (Å²) >= 11 is 1.41. The van der Waals surface area contributed by atoms with E-state index < -0.39 is 24.0 Å². The van der Waals surface area contributed by atoms with Gasteiger partial charge in [0.2, 0.25) is 0 Å². The number of urea groups is 1. The molecule has 2 heterocycles. The topological polar surface area (TPSA) is 87.2 Å². The number of piperidine rings is 1. The standard InChI is InChI=1S/C13H20N2O5S/c1-2-20-12(18)9-5-3-4-6-14(9)13(19)15-8-21-7-10(15)11(16)17/h9-10H,2-8H2,1H3,(H,16,17). The summed E-state index contributed by atoms with van der Waals surface area (Å²) in [7, 11) is 0. The second kappa shape index (κ2) is 7.02. The summed E-state index contributed by atoms with van der Waals surface area (Å²) < 4.78 is 5.03. The molecule has 2 rings (SSSR count). The van der Waals surface area contributed by atoms with E-state index in [1.807, 2.05) is 0 Å². The largest absolute Gasteiger partial charge is 0.480 e. The molecule has 2 atom stereocenters. The van der Waals surface area contributed by atoms with Crippen LogP contribution in [0, 0.1) is 0 Å². The van der Waals surface area contributed by atoms with E-state index >= 15 is 0 Å². The van der Waals surface area contributed by atoms with Gasteiger partial charge < -0.3 is 19.6 Å². The van der Waals surface area contributed by atoms with Crippen molar-refractivity contribution in [1.82, 2.24) is 9.80 Å². The van der Waals surface area contributed by atoms with Crippen LogP contribution in [0.25, 0.3) is 0 Å². The zero-order valence-electron chi connectivity index (χ0n) is 12.0. The average molecular weight is 316 g/mol. The molecule has 2 aliphatic heterocycles. The van der Waals surface area contributed by atoms with Crippen molar-refractivity contribution in [2.75, 3.05) is 24.8 Å². The first-order chi connectivity index (χ1) is 10.1. The first-order valence-electron chi connectivity index (χ1n) is 7.10. The highest BCUT2D eigenvalue weighted by molar-refractivity contribution is 7.99. The van der Waals surface area contributed by atoms with Crippen LogP contribution in [0.5, 0.6) is 0 Å². The molecule has 0 aliphatic carbocycles. The van der Waals surface area contributed by atoms with Crippen molar-refractivity contribution in [2.45, 2.75) is 38.3 Å². The number of carboxylic acids is 1. The number of amides is 2. The third-order valence-electron chi connectivity index (χ3n) is 3.72. The molecular weight excluding hydrogens is 296 g/mol. The van der Waals surface area contributed by atoms with E-state index in [1.165, 1.54) is 21.6 Å². The van der Waals surface area contributed by atoms with Crippen molar-refractivity contribution >= 4 is 29.7 Å². The smallest absolute Gasteiger partial charge is 0.328 e. The molecule has 7 nitrogen and oxygen atoms in total. The molecule has 0 aromatic heterocycles. The number of carbonyl (C=O) groups is 3. The highest BCUT2D eigenvalue weighted by Crippen LogP contribution is 2.26. The third kappa shape index (κ3) is 3.42. The van der Waals surface area contributed by atoms with Crippen LogP contribution in [0.4, 0.5) is 4.79 Å². The van der Waals surface area contributed by atoms with E-state index in [-0.39, 0.29) is 12.6 Å². The predicted octanol–water partition coefficient (Wildman–Crippen LogP) is 0.984. The van der Waals surface area contributed by atoms with Crippen LogP contribution in [0.1, 0.15) is 26.2 Å². The van der Waals surface area contributed by atoms with Gasteiger partial charge >= 0.3 is 18.0 Å². The Morgan fingerprint density at radius 3 is 2.67 bits per heavy atom. The fourth-order valence-corrected chi connectivity index (χ4v) is 3.78. The lowest BCUT2D eigenvalue weighted by Gasteiger charge is -2.37. The van der Waals surface area contributed by atoms with Crippen LogP contribution in [-0.4, -0.2) is 69.7 Å². The average Bonchev–Trinajstić information content (AvgIpc) is 2.96. The van der Waals surface area contributed by atoms with Gasteiger partial charge in [-0.05, 0) is 26.2 Å². The second-order valence-corrected chi connectivity index (χ2v) is 6.06. The monoisotopic (exact) mass is 316 g/mol. The van der Waals surface area contributed by atoms with Gasteiger partial charge in [-0.1, -0.05) is 0 Å². The maximum Gasteiger partial charge on any atom is 0.328 e. The Hall–Kier alpha value is -1.44. The molecule has 0 radical (unpaired) electrons. The normalized spacial score (nSPS) is 25.8. The van der Waals surface area contributed by atoms with E-state index in [0.717, 1.165) is 12.8 Å². The number of hydrogen-bond acceptors (Lipinski definition) is 5. The first-order valence-corrected chi connectivity index (χ1v) is 8.26. The summed E-state index contributed by atoms with van der Waals surface area (Å²) in [6, 6.07) is -1.77. The van der Waals surface area contributed by atoms with Gasteiger partial charge in [-0.3, -0.25) is 0 Å². The Balaban J connectivity index is 2.11. The van der Waals surface area contributed by atoms with Crippen molar-refractivity contribution in [3.05, 3.63) is 0 Å². The van der Waals surface area contributed by atoms with Gasteiger partial charge in [-0.2, -0.15) is 0 Å². The molecule has 0 spiro atoms. The minimum Gasteiger partial charge on any atom is -0.480 e. The number of carboxylic acid groups (broad SMARTS) is 1. The van der Waals surface area contributed by atoms with E-state index in [2.05, 4.69) is 0 Å². The van der Waals surface area contributed by atoms with Gasteiger partial charge in [0, 0.05) is 12.3 Å².